The van der Waals surface area contributed by atoms with E-state index in [1.54, 1.807) is 32.4 Å². The molecule has 3 aromatic rings. The lowest BCUT2D eigenvalue weighted by atomic mass is 10.1. The standard InChI is InChI=1S/C20H20N2O4S/c1-12-18(13-5-7-14(24-2)8-6-13)21-20(27-12)22-19(23)16-10-9-15(25-3)11-17(16)26-4/h5-11H,1-4H3,(H,21,22,23). The third-order valence-corrected chi connectivity index (χ3v) is 4.92. The molecule has 0 aliphatic heterocycles. The maximum absolute atomic E-state index is 12.7. The van der Waals surface area contributed by atoms with Crippen molar-refractivity contribution in [2.24, 2.45) is 0 Å². The zero-order chi connectivity index (χ0) is 19.4. The van der Waals surface area contributed by atoms with E-state index in [1.165, 1.54) is 18.4 Å². The highest BCUT2D eigenvalue weighted by Gasteiger charge is 2.17. The summed E-state index contributed by atoms with van der Waals surface area (Å²) in [6.45, 7) is 1.97. The Balaban J connectivity index is 1.83. The minimum atomic E-state index is -0.287. The zero-order valence-electron chi connectivity index (χ0n) is 15.5. The number of carbonyl (C=O) groups excluding carboxylic acids is 1. The smallest absolute Gasteiger partial charge is 0.261 e. The van der Waals surface area contributed by atoms with Gasteiger partial charge in [-0.05, 0) is 43.3 Å². The maximum atomic E-state index is 12.7. The molecule has 27 heavy (non-hydrogen) atoms. The molecule has 0 saturated carbocycles. The summed E-state index contributed by atoms with van der Waals surface area (Å²) in [6, 6.07) is 12.7. The van der Waals surface area contributed by atoms with Gasteiger partial charge in [0.25, 0.3) is 5.91 Å². The fraction of sp³-hybridized carbons (Fsp3) is 0.200. The number of nitrogens with zero attached hydrogens (tertiary/aromatic N) is 1. The molecular weight excluding hydrogens is 364 g/mol. The average Bonchev–Trinajstić information content (AvgIpc) is 3.07. The predicted octanol–water partition coefficient (Wildman–Crippen LogP) is 4.40. The van der Waals surface area contributed by atoms with Gasteiger partial charge in [-0.25, -0.2) is 4.98 Å². The first kappa shape index (κ1) is 18.7. The Hall–Kier alpha value is -3.06. The molecule has 7 heteroatoms. The number of hydrogen-bond donors (Lipinski definition) is 1. The number of ether oxygens (including phenoxy) is 3. The van der Waals surface area contributed by atoms with Crippen molar-refractivity contribution in [2.75, 3.05) is 26.6 Å². The van der Waals surface area contributed by atoms with E-state index in [9.17, 15) is 4.79 Å². The van der Waals surface area contributed by atoms with Gasteiger partial charge < -0.3 is 14.2 Å². The van der Waals surface area contributed by atoms with Crippen molar-refractivity contribution < 1.29 is 19.0 Å². The number of anilines is 1. The number of thiazole rings is 1. The van der Waals surface area contributed by atoms with Crippen LogP contribution in [0.15, 0.2) is 42.5 Å². The van der Waals surface area contributed by atoms with E-state index in [0.29, 0.717) is 22.2 Å². The highest BCUT2D eigenvalue weighted by atomic mass is 32.1. The lowest BCUT2D eigenvalue weighted by Gasteiger charge is -2.09. The Morgan fingerprint density at radius 2 is 1.63 bits per heavy atom. The van der Waals surface area contributed by atoms with Crippen LogP contribution < -0.4 is 19.5 Å². The number of carbonyl (C=O) groups is 1. The van der Waals surface area contributed by atoms with Crippen LogP contribution in [-0.4, -0.2) is 32.2 Å². The first-order valence-corrected chi connectivity index (χ1v) is 9.02. The maximum Gasteiger partial charge on any atom is 0.261 e. The number of rotatable bonds is 6. The summed E-state index contributed by atoms with van der Waals surface area (Å²) in [5.41, 5.74) is 2.21. The average molecular weight is 384 g/mol. The van der Waals surface area contributed by atoms with E-state index in [1.807, 2.05) is 31.2 Å². The minimum absolute atomic E-state index is 0.287. The highest BCUT2D eigenvalue weighted by molar-refractivity contribution is 7.16. The number of hydrogen-bond acceptors (Lipinski definition) is 6. The summed E-state index contributed by atoms with van der Waals surface area (Å²) < 4.78 is 15.6. The second kappa shape index (κ2) is 8.09. The van der Waals surface area contributed by atoms with Crippen LogP contribution in [-0.2, 0) is 0 Å². The lowest BCUT2D eigenvalue weighted by molar-refractivity contribution is 0.102. The first-order valence-electron chi connectivity index (χ1n) is 8.21. The molecule has 0 unspecified atom stereocenters. The first-order chi connectivity index (χ1) is 13.0. The molecule has 0 atom stereocenters. The summed E-state index contributed by atoms with van der Waals surface area (Å²) in [7, 11) is 4.71. The molecule has 0 aliphatic carbocycles. The van der Waals surface area contributed by atoms with Crippen LogP contribution in [0.4, 0.5) is 5.13 Å². The zero-order valence-corrected chi connectivity index (χ0v) is 16.3. The number of aromatic nitrogens is 1. The Kier molecular flexibility index (Phi) is 5.61. The van der Waals surface area contributed by atoms with Gasteiger partial charge >= 0.3 is 0 Å². The Morgan fingerprint density at radius 3 is 2.26 bits per heavy atom. The largest absolute Gasteiger partial charge is 0.497 e. The highest BCUT2D eigenvalue weighted by Crippen LogP contribution is 2.32. The molecule has 0 spiro atoms. The fourth-order valence-corrected chi connectivity index (χ4v) is 3.45. The van der Waals surface area contributed by atoms with Crippen LogP contribution in [0.3, 0.4) is 0 Å². The summed E-state index contributed by atoms with van der Waals surface area (Å²) in [6.07, 6.45) is 0. The van der Waals surface area contributed by atoms with Crippen LogP contribution in [0.2, 0.25) is 0 Å². The molecule has 1 amide bonds. The van der Waals surface area contributed by atoms with Gasteiger partial charge in [0.2, 0.25) is 0 Å². The minimum Gasteiger partial charge on any atom is -0.497 e. The molecule has 3 rings (SSSR count). The second-order valence-electron chi connectivity index (χ2n) is 5.67. The number of nitrogens with one attached hydrogen (secondary N) is 1. The second-order valence-corrected chi connectivity index (χ2v) is 6.88. The Bertz CT molecular complexity index is 951. The van der Waals surface area contributed by atoms with Gasteiger partial charge in [0.1, 0.15) is 17.2 Å². The van der Waals surface area contributed by atoms with Gasteiger partial charge in [-0.15, -0.1) is 11.3 Å². The van der Waals surface area contributed by atoms with Crippen LogP contribution >= 0.6 is 11.3 Å². The Morgan fingerprint density at radius 1 is 0.963 bits per heavy atom. The van der Waals surface area contributed by atoms with Crippen molar-refractivity contribution in [3.05, 3.63) is 52.9 Å². The molecule has 2 aromatic carbocycles. The molecule has 0 fully saturated rings. The molecule has 0 aliphatic rings. The SMILES string of the molecule is COc1ccc(-c2nc(NC(=O)c3ccc(OC)cc3OC)sc2C)cc1. The summed E-state index contributed by atoms with van der Waals surface area (Å²) in [4.78, 5) is 18.2. The van der Waals surface area contributed by atoms with Gasteiger partial charge in [-0.3, -0.25) is 10.1 Å². The van der Waals surface area contributed by atoms with Crippen LogP contribution in [0.25, 0.3) is 11.3 Å². The van der Waals surface area contributed by atoms with Crippen LogP contribution in [0.1, 0.15) is 15.2 Å². The lowest BCUT2D eigenvalue weighted by Crippen LogP contribution is -2.13. The van der Waals surface area contributed by atoms with Crippen molar-refractivity contribution >= 4 is 22.4 Å². The summed E-state index contributed by atoms with van der Waals surface area (Å²) in [5.74, 6) is 1.56. The van der Waals surface area contributed by atoms with Crippen molar-refractivity contribution in [1.29, 1.82) is 0 Å². The van der Waals surface area contributed by atoms with Crippen molar-refractivity contribution in [2.45, 2.75) is 6.92 Å². The number of methoxy groups -OCH3 is 3. The molecule has 1 N–H and O–H groups in total. The molecule has 0 saturated heterocycles. The Labute approximate surface area is 161 Å². The molecule has 1 aromatic heterocycles. The summed E-state index contributed by atoms with van der Waals surface area (Å²) >= 11 is 1.42. The van der Waals surface area contributed by atoms with Crippen molar-refractivity contribution in [3.8, 4) is 28.5 Å². The van der Waals surface area contributed by atoms with Crippen LogP contribution in [0.5, 0.6) is 17.2 Å². The molecule has 1 heterocycles. The molecular formula is C20H20N2O4S. The van der Waals surface area contributed by atoms with Crippen LogP contribution in [0, 0.1) is 6.92 Å². The number of amides is 1. The van der Waals surface area contributed by atoms with Gasteiger partial charge in [0, 0.05) is 16.5 Å². The number of benzene rings is 2. The quantitative estimate of drug-likeness (QED) is 0.682. The third-order valence-electron chi connectivity index (χ3n) is 4.03. The fourth-order valence-electron chi connectivity index (χ4n) is 2.62. The van der Waals surface area contributed by atoms with E-state index < -0.39 is 0 Å². The van der Waals surface area contributed by atoms with E-state index in [4.69, 9.17) is 14.2 Å². The van der Waals surface area contributed by atoms with Crippen molar-refractivity contribution in [3.63, 3.8) is 0 Å². The molecule has 0 bridgehead atoms. The number of aryl methyl sites for hydroxylation is 1. The molecule has 6 nitrogen and oxygen atoms in total. The van der Waals surface area contributed by atoms with Gasteiger partial charge in [-0.1, -0.05) is 0 Å². The molecule has 140 valence electrons. The van der Waals surface area contributed by atoms with E-state index in [-0.39, 0.29) is 5.91 Å². The third kappa shape index (κ3) is 4.03. The molecule has 0 radical (unpaired) electrons. The monoisotopic (exact) mass is 384 g/mol. The topological polar surface area (TPSA) is 69.7 Å². The van der Waals surface area contributed by atoms with Gasteiger partial charge in [0.15, 0.2) is 5.13 Å². The van der Waals surface area contributed by atoms with Crippen molar-refractivity contribution in [1.82, 2.24) is 4.98 Å². The van der Waals surface area contributed by atoms with E-state index in [0.717, 1.165) is 21.9 Å². The normalized spacial score (nSPS) is 10.4. The van der Waals surface area contributed by atoms with Gasteiger partial charge in [0.05, 0.1) is 32.6 Å². The summed E-state index contributed by atoms with van der Waals surface area (Å²) in [5, 5.41) is 3.38. The predicted molar refractivity (Wildman–Crippen MR) is 106 cm³/mol. The van der Waals surface area contributed by atoms with E-state index in [2.05, 4.69) is 10.3 Å². The van der Waals surface area contributed by atoms with Gasteiger partial charge in [-0.2, -0.15) is 0 Å². The van der Waals surface area contributed by atoms with E-state index >= 15 is 0 Å².